The Bertz CT molecular complexity index is 1100. The van der Waals surface area contributed by atoms with Gasteiger partial charge in [-0.3, -0.25) is 19.9 Å². The Labute approximate surface area is 168 Å². The number of nitro groups is 1. The van der Waals surface area contributed by atoms with Crippen molar-refractivity contribution < 1.29 is 9.72 Å². The van der Waals surface area contributed by atoms with E-state index in [9.17, 15) is 14.9 Å². The lowest BCUT2D eigenvalue weighted by atomic mass is 10.0. The third kappa shape index (κ3) is 3.63. The Kier molecular flexibility index (Phi) is 4.88. The Morgan fingerprint density at radius 1 is 1.03 bits per heavy atom. The summed E-state index contributed by atoms with van der Waals surface area (Å²) >= 11 is 0. The van der Waals surface area contributed by atoms with E-state index in [1.54, 1.807) is 18.2 Å². The highest BCUT2D eigenvalue weighted by Crippen LogP contribution is 2.29. The van der Waals surface area contributed by atoms with Crippen LogP contribution < -0.4 is 4.90 Å². The van der Waals surface area contributed by atoms with Crippen LogP contribution >= 0.6 is 0 Å². The normalized spacial score (nSPS) is 14.3. The predicted molar refractivity (Wildman–Crippen MR) is 112 cm³/mol. The summed E-state index contributed by atoms with van der Waals surface area (Å²) in [6, 6.07) is 14.5. The van der Waals surface area contributed by atoms with E-state index in [1.807, 2.05) is 47.9 Å². The van der Waals surface area contributed by atoms with Crippen molar-refractivity contribution in [2.24, 2.45) is 0 Å². The van der Waals surface area contributed by atoms with Gasteiger partial charge in [0, 0.05) is 43.3 Å². The summed E-state index contributed by atoms with van der Waals surface area (Å²) in [6.45, 7) is 6.02. The average Bonchev–Trinajstić information content (AvgIpc) is 2.73. The number of para-hydroxylation sites is 2. The summed E-state index contributed by atoms with van der Waals surface area (Å²) in [7, 11) is 0. The average molecular weight is 390 g/mol. The molecular formula is C22H22N4O3. The number of aromatic nitrogens is 1. The number of pyridine rings is 1. The minimum absolute atomic E-state index is 0.0201. The number of aryl methyl sites for hydroxylation is 2. The fourth-order valence-corrected chi connectivity index (χ4v) is 3.86. The number of nitro benzene ring substituents is 1. The van der Waals surface area contributed by atoms with Crippen molar-refractivity contribution in [3.63, 3.8) is 0 Å². The van der Waals surface area contributed by atoms with Crippen molar-refractivity contribution in [2.45, 2.75) is 13.8 Å². The number of hydrogen-bond acceptors (Lipinski definition) is 5. The van der Waals surface area contributed by atoms with Crippen LogP contribution in [0.15, 0.2) is 48.5 Å². The van der Waals surface area contributed by atoms with Gasteiger partial charge in [-0.1, -0.05) is 23.8 Å². The quantitative estimate of drug-likeness (QED) is 0.503. The number of nitrogens with zero attached hydrogens (tertiary/aromatic N) is 4. The first-order chi connectivity index (χ1) is 13.9. The number of anilines is 1. The van der Waals surface area contributed by atoms with Gasteiger partial charge in [0.1, 0.15) is 5.69 Å². The molecule has 3 aromatic rings. The van der Waals surface area contributed by atoms with Gasteiger partial charge in [-0.2, -0.15) is 0 Å². The third-order valence-corrected chi connectivity index (χ3v) is 5.31. The highest BCUT2D eigenvalue weighted by molar-refractivity contribution is 6.06. The van der Waals surface area contributed by atoms with Gasteiger partial charge >= 0.3 is 0 Å². The zero-order valence-electron chi connectivity index (χ0n) is 16.5. The van der Waals surface area contributed by atoms with Gasteiger partial charge in [0.05, 0.1) is 16.0 Å². The molecule has 0 saturated carbocycles. The molecule has 0 unspecified atom stereocenters. The second-order valence-electron chi connectivity index (χ2n) is 7.36. The van der Waals surface area contributed by atoms with E-state index in [0.29, 0.717) is 37.4 Å². The highest BCUT2D eigenvalue weighted by atomic mass is 16.6. The van der Waals surface area contributed by atoms with Crippen LogP contribution in [0.1, 0.15) is 21.6 Å². The summed E-state index contributed by atoms with van der Waals surface area (Å²) in [5.41, 5.74) is 4.07. The molecule has 1 aromatic heterocycles. The first kappa shape index (κ1) is 18.9. The van der Waals surface area contributed by atoms with Gasteiger partial charge in [-0.25, -0.2) is 0 Å². The van der Waals surface area contributed by atoms with Gasteiger partial charge in [0.25, 0.3) is 11.6 Å². The lowest BCUT2D eigenvalue weighted by Crippen LogP contribution is -2.49. The SMILES string of the molecule is Cc1ccc2nc(C)cc(C(=O)N3CCN(c4ccccc4[N+](=O)[O-])CC3)c2c1. The van der Waals surface area contributed by atoms with E-state index in [1.165, 1.54) is 6.07 Å². The number of carbonyl (C=O) groups excluding carboxylic acids is 1. The zero-order valence-corrected chi connectivity index (χ0v) is 16.5. The maximum absolute atomic E-state index is 13.3. The van der Waals surface area contributed by atoms with Gasteiger partial charge in [0.2, 0.25) is 0 Å². The largest absolute Gasteiger partial charge is 0.362 e. The topological polar surface area (TPSA) is 79.6 Å². The standard InChI is InChI=1S/C22H22N4O3/c1-15-7-8-19-17(13-15)18(14-16(2)23-19)22(27)25-11-9-24(10-12-25)20-5-3-4-6-21(20)26(28)29/h3-8,13-14H,9-12H2,1-2H3. The van der Waals surface area contributed by atoms with Gasteiger partial charge in [0.15, 0.2) is 0 Å². The Balaban J connectivity index is 1.57. The van der Waals surface area contributed by atoms with Crippen LogP contribution in [-0.2, 0) is 0 Å². The van der Waals surface area contributed by atoms with Crippen LogP contribution in [-0.4, -0.2) is 46.9 Å². The van der Waals surface area contributed by atoms with Gasteiger partial charge < -0.3 is 9.80 Å². The van der Waals surface area contributed by atoms with Crippen molar-refractivity contribution in [3.8, 4) is 0 Å². The molecule has 0 radical (unpaired) electrons. The molecule has 7 nitrogen and oxygen atoms in total. The lowest BCUT2D eigenvalue weighted by Gasteiger charge is -2.36. The molecule has 0 spiro atoms. The van der Waals surface area contributed by atoms with Crippen molar-refractivity contribution >= 4 is 28.2 Å². The number of fused-ring (bicyclic) bond motifs is 1. The van der Waals surface area contributed by atoms with Crippen LogP contribution in [0.5, 0.6) is 0 Å². The maximum Gasteiger partial charge on any atom is 0.292 e. The minimum atomic E-state index is -0.360. The van der Waals surface area contributed by atoms with E-state index in [-0.39, 0.29) is 16.5 Å². The first-order valence-electron chi connectivity index (χ1n) is 9.59. The van der Waals surface area contributed by atoms with E-state index >= 15 is 0 Å². The predicted octanol–water partition coefficient (Wildman–Crippen LogP) is 3.72. The molecule has 2 aromatic carbocycles. The number of benzene rings is 2. The summed E-state index contributed by atoms with van der Waals surface area (Å²) in [6.07, 6.45) is 0. The molecule has 0 N–H and O–H groups in total. The van der Waals surface area contributed by atoms with Crippen molar-refractivity contribution in [3.05, 3.63) is 75.5 Å². The maximum atomic E-state index is 13.3. The monoisotopic (exact) mass is 390 g/mol. The van der Waals surface area contributed by atoms with Crippen molar-refractivity contribution in [1.29, 1.82) is 0 Å². The molecule has 1 saturated heterocycles. The van der Waals surface area contributed by atoms with Crippen LogP contribution in [0.3, 0.4) is 0 Å². The van der Waals surface area contributed by atoms with E-state index < -0.39 is 0 Å². The molecule has 2 heterocycles. The molecule has 1 aliphatic rings. The molecule has 4 rings (SSSR count). The molecule has 1 amide bonds. The zero-order chi connectivity index (χ0) is 20.5. The van der Waals surface area contributed by atoms with E-state index in [2.05, 4.69) is 4.98 Å². The van der Waals surface area contributed by atoms with E-state index in [4.69, 9.17) is 0 Å². The molecule has 0 bridgehead atoms. The second kappa shape index (κ2) is 7.50. The molecule has 0 atom stereocenters. The van der Waals surface area contributed by atoms with Gasteiger partial charge in [-0.05, 0) is 38.1 Å². The second-order valence-corrected chi connectivity index (χ2v) is 7.36. The first-order valence-corrected chi connectivity index (χ1v) is 9.59. The fraction of sp³-hybridized carbons (Fsp3) is 0.273. The number of piperazine rings is 1. The third-order valence-electron chi connectivity index (χ3n) is 5.31. The fourth-order valence-electron chi connectivity index (χ4n) is 3.86. The molecule has 1 aliphatic heterocycles. The molecule has 7 heteroatoms. The Morgan fingerprint density at radius 3 is 2.48 bits per heavy atom. The number of amides is 1. The van der Waals surface area contributed by atoms with Crippen LogP contribution in [0.25, 0.3) is 10.9 Å². The van der Waals surface area contributed by atoms with E-state index in [0.717, 1.165) is 22.2 Å². The molecule has 1 fully saturated rings. The van der Waals surface area contributed by atoms with Crippen molar-refractivity contribution in [1.82, 2.24) is 9.88 Å². The molecule has 0 aliphatic carbocycles. The number of carbonyl (C=O) groups is 1. The molecular weight excluding hydrogens is 368 g/mol. The minimum Gasteiger partial charge on any atom is -0.362 e. The van der Waals surface area contributed by atoms with Gasteiger partial charge in [-0.15, -0.1) is 0 Å². The van der Waals surface area contributed by atoms with Crippen molar-refractivity contribution in [2.75, 3.05) is 31.1 Å². The smallest absolute Gasteiger partial charge is 0.292 e. The van der Waals surface area contributed by atoms with Crippen LogP contribution in [0, 0.1) is 24.0 Å². The van der Waals surface area contributed by atoms with Crippen LogP contribution in [0.4, 0.5) is 11.4 Å². The van der Waals surface area contributed by atoms with Crippen LogP contribution in [0.2, 0.25) is 0 Å². The number of rotatable bonds is 3. The lowest BCUT2D eigenvalue weighted by molar-refractivity contribution is -0.384. The highest BCUT2D eigenvalue weighted by Gasteiger charge is 2.27. The summed E-state index contributed by atoms with van der Waals surface area (Å²) in [4.78, 5) is 32.6. The summed E-state index contributed by atoms with van der Waals surface area (Å²) in [5.74, 6) is -0.0201. The summed E-state index contributed by atoms with van der Waals surface area (Å²) < 4.78 is 0. The molecule has 29 heavy (non-hydrogen) atoms. The summed E-state index contributed by atoms with van der Waals surface area (Å²) in [5, 5.41) is 12.2. The number of hydrogen-bond donors (Lipinski definition) is 0. The Morgan fingerprint density at radius 2 is 1.76 bits per heavy atom. The Hall–Kier alpha value is -3.48. The molecule has 148 valence electrons.